The standard InChI is InChI=1S/C12H18BrNO2S/c1-3-12(4-2,11(15)16)8-14-5-9-6-17-7-10(9)13/h6-7,14H,3-5,8H2,1-2H3,(H,15,16). The lowest BCUT2D eigenvalue weighted by Gasteiger charge is -2.26. The van der Waals surface area contributed by atoms with Gasteiger partial charge in [-0.1, -0.05) is 13.8 Å². The van der Waals surface area contributed by atoms with Gasteiger partial charge in [0.2, 0.25) is 0 Å². The van der Waals surface area contributed by atoms with Gasteiger partial charge in [0, 0.05) is 22.9 Å². The highest BCUT2D eigenvalue weighted by Crippen LogP contribution is 2.26. The molecule has 0 saturated carbocycles. The number of carboxylic acids is 1. The summed E-state index contributed by atoms with van der Waals surface area (Å²) in [6.07, 6.45) is 1.30. The van der Waals surface area contributed by atoms with Crippen molar-refractivity contribution in [3.05, 3.63) is 20.8 Å². The van der Waals surface area contributed by atoms with Gasteiger partial charge < -0.3 is 10.4 Å². The molecule has 0 fully saturated rings. The second kappa shape index (κ2) is 6.52. The Kier molecular flexibility index (Phi) is 5.62. The summed E-state index contributed by atoms with van der Waals surface area (Å²) >= 11 is 5.10. The Hall–Kier alpha value is -0.390. The molecule has 0 spiro atoms. The third-order valence-electron chi connectivity index (χ3n) is 3.27. The number of thiophene rings is 1. The van der Waals surface area contributed by atoms with Gasteiger partial charge in [-0.15, -0.1) is 0 Å². The summed E-state index contributed by atoms with van der Waals surface area (Å²) < 4.78 is 1.09. The van der Waals surface area contributed by atoms with Gasteiger partial charge in [-0.05, 0) is 39.7 Å². The predicted molar refractivity (Wildman–Crippen MR) is 74.4 cm³/mol. The molecular formula is C12H18BrNO2S. The van der Waals surface area contributed by atoms with Gasteiger partial charge in [-0.3, -0.25) is 4.79 Å². The van der Waals surface area contributed by atoms with E-state index in [0.717, 1.165) is 4.47 Å². The summed E-state index contributed by atoms with van der Waals surface area (Å²) in [6, 6.07) is 0. The van der Waals surface area contributed by atoms with Crippen LogP contribution in [0.2, 0.25) is 0 Å². The third-order valence-corrected chi connectivity index (χ3v) is 5.11. The Morgan fingerprint density at radius 2 is 2.12 bits per heavy atom. The summed E-state index contributed by atoms with van der Waals surface area (Å²) in [4.78, 5) is 11.3. The van der Waals surface area contributed by atoms with Crippen molar-refractivity contribution in [1.29, 1.82) is 0 Å². The van der Waals surface area contributed by atoms with Gasteiger partial charge >= 0.3 is 5.97 Å². The molecule has 0 aromatic carbocycles. The highest BCUT2D eigenvalue weighted by molar-refractivity contribution is 9.10. The van der Waals surface area contributed by atoms with E-state index in [2.05, 4.69) is 26.6 Å². The van der Waals surface area contributed by atoms with Crippen LogP contribution in [0.5, 0.6) is 0 Å². The molecule has 1 aromatic heterocycles. The van der Waals surface area contributed by atoms with Crippen LogP contribution in [0.4, 0.5) is 0 Å². The molecular weight excluding hydrogens is 302 g/mol. The van der Waals surface area contributed by atoms with Crippen molar-refractivity contribution in [1.82, 2.24) is 5.32 Å². The van der Waals surface area contributed by atoms with Crippen LogP contribution in [0, 0.1) is 5.41 Å². The lowest BCUT2D eigenvalue weighted by Crippen LogP contribution is -2.39. The van der Waals surface area contributed by atoms with Crippen molar-refractivity contribution in [3.8, 4) is 0 Å². The number of nitrogens with one attached hydrogen (secondary N) is 1. The molecule has 0 unspecified atom stereocenters. The molecule has 0 aliphatic rings. The molecule has 1 rings (SSSR count). The summed E-state index contributed by atoms with van der Waals surface area (Å²) in [5, 5.41) is 16.6. The molecule has 5 heteroatoms. The molecule has 0 amide bonds. The van der Waals surface area contributed by atoms with Crippen LogP contribution in [0.1, 0.15) is 32.3 Å². The number of carboxylic acid groups (broad SMARTS) is 1. The molecule has 0 aliphatic heterocycles. The maximum absolute atomic E-state index is 11.3. The van der Waals surface area contributed by atoms with Crippen LogP contribution >= 0.6 is 27.3 Å². The normalized spacial score (nSPS) is 11.7. The minimum Gasteiger partial charge on any atom is -0.481 e. The van der Waals surface area contributed by atoms with E-state index >= 15 is 0 Å². The van der Waals surface area contributed by atoms with E-state index in [1.165, 1.54) is 5.56 Å². The Bertz CT molecular complexity index is 374. The van der Waals surface area contributed by atoms with Crippen LogP contribution in [0.15, 0.2) is 15.2 Å². The van der Waals surface area contributed by atoms with Gasteiger partial charge in [0.25, 0.3) is 0 Å². The molecule has 2 N–H and O–H groups in total. The van der Waals surface area contributed by atoms with Gasteiger partial charge in [0.1, 0.15) is 0 Å². The van der Waals surface area contributed by atoms with Gasteiger partial charge in [0.05, 0.1) is 5.41 Å². The Morgan fingerprint density at radius 3 is 2.53 bits per heavy atom. The van der Waals surface area contributed by atoms with Gasteiger partial charge in [-0.25, -0.2) is 0 Å². The summed E-state index contributed by atoms with van der Waals surface area (Å²) in [6.45, 7) is 5.08. The highest BCUT2D eigenvalue weighted by Gasteiger charge is 2.34. The first-order chi connectivity index (χ1) is 8.05. The predicted octanol–water partition coefficient (Wildman–Crippen LogP) is 3.49. The fraction of sp³-hybridized carbons (Fsp3) is 0.583. The van der Waals surface area contributed by atoms with Crippen molar-refractivity contribution >= 4 is 33.2 Å². The summed E-state index contributed by atoms with van der Waals surface area (Å²) in [5.74, 6) is -0.709. The molecule has 17 heavy (non-hydrogen) atoms. The summed E-state index contributed by atoms with van der Waals surface area (Å²) in [7, 11) is 0. The largest absolute Gasteiger partial charge is 0.481 e. The van der Waals surface area contributed by atoms with Gasteiger partial charge in [-0.2, -0.15) is 11.3 Å². The fourth-order valence-electron chi connectivity index (χ4n) is 1.75. The maximum atomic E-state index is 11.3. The number of carbonyl (C=O) groups is 1. The average molecular weight is 320 g/mol. The number of halogens is 1. The Labute approximate surface area is 114 Å². The quantitative estimate of drug-likeness (QED) is 0.808. The van der Waals surface area contributed by atoms with E-state index < -0.39 is 11.4 Å². The second-order valence-electron chi connectivity index (χ2n) is 4.14. The molecule has 0 atom stereocenters. The SMILES string of the molecule is CCC(CC)(CNCc1cscc1Br)C(=O)O. The average Bonchev–Trinajstić information content (AvgIpc) is 2.70. The van der Waals surface area contributed by atoms with Crippen molar-refractivity contribution in [2.45, 2.75) is 33.2 Å². The van der Waals surface area contributed by atoms with Crippen LogP contribution in [-0.4, -0.2) is 17.6 Å². The highest BCUT2D eigenvalue weighted by atomic mass is 79.9. The Balaban J connectivity index is 2.54. The number of rotatable bonds is 7. The number of aliphatic carboxylic acids is 1. The van der Waals surface area contributed by atoms with E-state index in [1.807, 2.05) is 19.2 Å². The Morgan fingerprint density at radius 1 is 1.47 bits per heavy atom. The zero-order chi connectivity index (χ0) is 12.9. The van der Waals surface area contributed by atoms with E-state index in [9.17, 15) is 9.90 Å². The summed E-state index contributed by atoms with van der Waals surface area (Å²) in [5.41, 5.74) is 0.546. The lowest BCUT2D eigenvalue weighted by molar-refractivity contribution is -0.149. The molecule has 96 valence electrons. The minimum atomic E-state index is -0.709. The van der Waals surface area contributed by atoms with Crippen LogP contribution in [0.25, 0.3) is 0 Å². The molecule has 0 radical (unpaired) electrons. The second-order valence-corrected chi connectivity index (χ2v) is 5.74. The van der Waals surface area contributed by atoms with Crippen molar-refractivity contribution in [2.24, 2.45) is 5.41 Å². The molecule has 1 aromatic rings. The van der Waals surface area contributed by atoms with E-state index in [-0.39, 0.29) is 0 Å². The van der Waals surface area contributed by atoms with E-state index in [0.29, 0.717) is 25.9 Å². The fourth-order valence-corrected chi connectivity index (χ4v) is 3.19. The molecule has 0 aliphatic carbocycles. The zero-order valence-electron chi connectivity index (χ0n) is 10.1. The number of hydrogen-bond donors (Lipinski definition) is 2. The van der Waals surface area contributed by atoms with Gasteiger partial charge in [0.15, 0.2) is 0 Å². The minimum absolute atomic E-state index is 0.512. The monoisotopic (exact) mass is 319 g/mol. The van der Waals surface area contributed by atoms with Crippen molar-refractivity contribution in [2.75, 3.05) is 6.54 Å². The first-order valence-electron chi connectivity index (χ1n) is 5.70. The first kappa shape index (κ1) is 14.7. The van der Waals surface area contributed by atoms with Crippen molar-refractivity contribution in [3.63, 3.8) is 0 Å². The van der Waals surface area contributed by atoms with Crippen molar-refractivity contribution < 1.29 is 9.90 Å². The zero-order valence-corrected chi connectivity index (χ0v) is 12.5. The van der Waals surface area contributed by atoms with Crippen LogP contribution in [0.3, 0.4) is 0 Å². The maximum Gasteiger partial charge on any atom is 0.310 e. The molecule has 3 nitrogen and oxygen atoms in total. The smallest absolute Gasteiger partial charge is 0.310 e. The molecule has 1 heterocycles. The van der Waals surface area contributed by atoms with E-state index in [1.54, 1.807) is 11.3 Å². The topological polar surface area (TPSA) is 49.3 Å². The number of hydrogen-bond acceptors (Lipinski definition) is 3. The third kappa shape index (κ3) is 3.53. The van der Waals surface area contributed by atoms with E-state index in [4.69, 9.17) is 0 Å². The molecule has 0 bridgehead atoms. The molecule has 0 saturated heterocycles. The lowest BCUT2D eigenvalue weighted by atomic mass is 9.82. The van der Waals surface area contributed by atoms with Crippen LogP contribution < -0.4 is 5.32 Å². The first-order valence-corrected chi connectivity index (χ1v) is 7.44. The van der Waals surface area contributed by atoms with Crippen LogP contribution in [-0.2, 0) is 11.3 Å².